The van der Waals surface area contributed by atoms with E-state index in [2.05, 4.69) is 0 Å². The van der Waals surface area contributed by atoms with Gasteiger partial charge < -0.3 is 5.48 Å². The Balaban J connectivity index is 0.000000980. The molecule has 0 amide bonds. The normalized spacial score (nSPS) is 25.7. The van der Waals surface area contributed by atoms with Crippen LogP contribution in [0.2, 0.25) is 11.1 Å². The average Bonchev–Trinajstić information content (AvgIpc) is 2.21. The van der Waals surface area contributed by atoms with Crippen LogP contribution in [0.15, 0.2) is 0 Å². The molecule has 2 rings (SSSR count). The summed E-state index contributed by atoms with van der Waals surface area (Å²) in [5.41, 5.74) is 2.52. The quantitative estimate of drug-likeness (QED) is 0.633. The zero-order valence-electron chi connectivity index (χ0n) is 9.43. The summed E-state index contributed by atoms with van der Waals surface area (Å²) in [6.07, 6.45) is 15.8. The third-order valence-corrected chi connectivity index (χ3v) is 7.08. The van der Waals surface area contributed by atoms with Gasteiger partial charge in [-0.15, -0.1) is 0 Å². The fraction of sp³-hybridized carbons (Fsp3) is 1.00. The van der Waals surface area contributed by atoms with Gasteiger partial charge in [-0.3, -0.25) is 0 Å². The van der Waals surface area contributed by atoms with E-state index in [0.717, 1.165) is 0 Å². The van der Waals surface area contributed by atoms with Crippen LogP contribution < -0.4 is 0 Å². The van der Waals surface area contributed by atoms with E-state index < -0.39 is 0 Å². The van der Waals surface area contributed by atoms with E-state index in [9.17, 15) is 0 Å². The Hall–Kier alpha value is 0.177. The van der Waals surface area contributed by atoms with Gasteiger partial charge in [-0.25, -0.2) is 0 Å². The molecule has 2 saturated carbocycles. The third-order valence-electron chi connectivity index (χ3n) is 4.12. The summed E-state index contributed by atoms with van der Waals surface area (Å²) in [5, 5.41) is 0. The highest BCUT2D eigenvalue weighted by Crippen LogP contribution is 2.36. The van der Waals surface area contributed by atoms with Gasteiger partial charge in [0.1, 0.15) is 0 Å². The molecule has 2 aliphatic carbocycles. The van der Waals surface area contributed by atoms with Crippen LogP contribution in [0.25, 0.3) is 0 Å². The Morgan fingerprint density at radius 2 is 0.929 bits per heavy atom. The molecule has 2 N–H and O–H groups in total. The molecule has 0 unspecified atom stereocenters. The van der Waals surface area contributed by atoms with Gasteiger partial charge in [-0.1, -0.05) is 75.3 Å². The molecule has 0 aromatic carbocycles. The Morgan fingerprint density at radius 1 is 0.571 bits per heavy atom. The maximum absolute atomic E-state index is 1.61. The van der Waals surface area contributed by atoms with Crippen LogP contribution in [0.3, 0.4) is 0 Å². The van der Waals surface area contributed by atoms with E-state index in [1.54, 1.807) is 51.4 Å². The first kappa shape index (κ1) is 12.2. The summed E-state index contributed by atoms with van der Waals surface area (Å²) in [5.74, 6) is 0. The fourth-order valence-corrected chi connectivity index (χ4v) is 6.36. The minimum Gasteiger partial charge on any atom is -0.412 e. The van der Waals surface area contributed by atoms with E-state index in [4.69, 9.17) is 0 Å². The van der Waals surface area contributed by atoms with Crippen molar-refractivity contribution in [2.45, 2.75) is 75.3 Å². The van der Waals surface area contributed by atoms with Gasteiger partial charge in [-0.2, -0.15) is 0 Å². The summed E-state index contributed by atoms with van der Waals surface area (Å²) in [6.45, 7) is 0. The Morgan fingerprint density at radius 3 is 1.29 bits per heavy atom. The van der Waals surface area contributed by atoms with E-state index in [1.807, 2.05) is 0 Å². The second kappa shape index (κ2) is 6.62. The van der Waals surface area contributed by atoms with E-state index in [-0.39, 0.29) is 5.48 Å². The zero-order valence-corrected chi connectivity index (χ0v) is 10.8. The predicted molar refractivity (Wildman–Crippen MR) is 65.8 cm³/mol. The van der Waals surface area contributed by atoms with Gasteiger partial charge in [0, 0.05) is 9.52 Å². The molecule has 0 radical (unpaired) electrons. The maximum atomic E-state index is 1.61. The largest absolute Gasteiger partial charge is 0.412 e. The van der Waals surface area contributed by atoms with Gasteiger partial charge in [0.15, 0.2) is 0 Å². The molecule has 1 nitrogen and oxygen atoms in total. The Kier molecular flexibility index (Phi) is 5.79. The molecule has 84 valence electrons. The summed E-state index contributed by atoms with van der Waals surface area (Å²) >= 11 is 0. The van der Waals surface area contributed by atoms with Crippen LogP contribution in [0.5, 0.6) is 0 Å². The second-order valence-electron chi connectivity index (χ2n) is 5.24. The predicted octanol–water partition coefficient (Wildman–Crippen LogP) is 2.84. The van der Waals surface area contributed by atoms with Crippen molar-refractivity contribution < 1.29 is 5.48 Å². The minimum atomic E-state index is 0. The highest BCUT2D eigenvalue weighted by Gasteiger charge is 2.20. The Labute approximate surface area is 90.8 Å². The van der Waals surface area contributed by atoms with Crippen molar-refractivity contribution in [1.82, 2.24) is 0 Å². The highest BCUT2D eigenvalue weighted by atomic mass is 28.2. The van der Waals surface area contributed by atoms with Crippen molar-refractivity contribution in [3.8, 4) is 0 Å². The SMILES string of the molecule is C1CCC([SiH2]C2CCCCC2)CC1.O. The van der Waals surface area contributed by atoms with Gasteiger partial charge in [0.05, 0.1) is 0 Å². The molecule has 2 aliphatic rings. The average molecular weight is 214 g/mol. The van der Waals surface area contributed by atoms with Crippen LogP contribution >= 0.6 is 0 Å². The van der Waals surface area contributed by atoms with Crippen molar-refractivity contribution in [3.05, 3.63) is 0 Å². The standard InChI is InChI=1S/C12H24Si.H2O/c1-3-7-11(8-4-1)13-12-9-5-2-6-10-12;/h11-12H,1-10,13H2;1H2. The van der Waals surface area contributed by atoms with Crippen molar-refractivity contribution in [1.29, 1.82) is 0 Å². The smallest absolute Gasteiger partial charge is 0.0264 e. The lowest BCUT2D eigenvalue weighted by Crippen LogP contribution is -2.16. The first-order valence-electron chi connectivity index (χ1n) is 6.45. The van der Waals surface area contributed by atoms with Gasteiger partial charge in [0.2, 0.25) is 0 Å². The third kappa shape index (κ3) is 3.74. The number of hydrogen-bond donors (Lipinski definition) is 0. The number of rotatable bonds is 2. The van der Waals surface area contributed by atoms with E-state index >= 15 is 0 Å². The van der Waals surface area contributed by atoms with Crippen molar-refractivity contribution in [3.63, 3.8) is 0 Å². The molecule has 14 heavy (non-hydrogen) atoms. The topological polar surface area (TPSA) is 31.5 Å². The number of hydrogen-bond acceptors (Lipinski definition) is 0. The van der Waals surface area contributed by atoms with E-state index in [0.29, 0.717) is 9.52 Å². The first-order chi connectivity index (χ1) is 6.45. The summed E-state index contributed by atoms with van der Waals surface area (Å²) < 4.78 is 0. The molecule has 0 aromatic rings. The van der Waals surface area contributed by atoms with Crippen molar-refractivity contribution >= 4 is 9.52 Å². The lowest BCUT2D eigenvalue weighted by atomic mass is 9.99. The molecule has 0 aliphatic heterocycles. The van der Waals surface area contributed by atoms with E-state index in [1.165, 1.54) is 23.9 Å². The van der Waals surface area contributed by atoms with Crippen molar-refractivity contribution in [2.24, 2.45) is 0 Å². The first-order valence-corrected chi connectivity index (χ1v) is 8.08. The summed E-state index contributed by atoms with van der Waals surface area (Å²) in [4.78, 5) is 0. The molecular formula is C12H26OSi. The fourth-order valence-electron chi connectivity index (χ4n) is 3.32. The Bertz CT molecular complexity index is 121. The molecular weight excluding hydrogens is 188 g/mol. The molecule has 0 saturated heterocycles. The highest BCUT2D eigenvalue weighted by molar-refractivity contribution is 6.39. The molecule has 0 atom stereocenters. The van der Waals surface area contributed by atoms with Crippen LogP contribution in [0.4, 0.5) is 0 Å². The monoisotopic (exact) mass is 214 g/mol. The molecule has 0 bridgehead atoms. The lowest BCUT2D eigenvalue weighted by Gasteiger charge is -2.28. The maximum Gasteiger partial charge on any atom is 0.0264 e. The van der Waals surface area contributed by atoms with Crippen molar-refractivity contribution in [2.75, 3.05) is 0 Å². The van der Waals surface area contributed by atoms with Gasteiger partial charge in [0.25, 0.3) is 0 Å². The van der Waals surface area contributed by atoms with Crippen LogP contribution in [-0.4, -0.2) is 15.0 Å². The van der Waals surface area contributed by atoms with Crippen LogP contribution in [0.1, 0.15) is 64.2 Å². The molecule has 2 fully saturated rings. The van der Waals surface area contributed by atoms with Gasteiger partial charge >= 0.3 is 0 Å². The molecule has 0 spiro atoms. The van der Waals surface area contributed by atoms with Gasteiger partial charge in [-0.05, 0) is 0 Å². The minimum absolute atomic E-state index is 0. The molecule has 0 heterocycles. The summed E-state index contributed by atoms with van der Waals surface area (Å²) in [6, 6.07) is 0. The molecule has 2 heteroatoms. The zero-order chi connectivity index (χ0) is 8.93. The lowest BCUT2D eigenvalue weighted by molar-refractivity contribution is 0.470. The molecule has 0 aromatic heterocycles. The second-order valence-corrected chi connectivity index (χ2v) is 8.02. The van der Waals surface area contributed by atoms with Crippen LogP contribution in [-0.2, 0) is 0 Å². The summed E-state index contributed by atoms with van der Waals surface area (Å²) in [7, 11) is 0.320. The van der Waals surface area contributed by atoms with Crippen LogP contribution in [0, 0.1) is 0 Å².